The minimum atomic E-state index is -1.30. The predicted octanol–water partition coefficient (Wildman–Crippen LogP) is 12.3. The molecule has 1 amide bonds. The third-order valence-electron chi connectivity index (χ3n) is 10.5. The molecule has 4 unspecified atom stereocenters. The maximum Gasteiger partial charge on any atom is 0.249 e. The van der Waals surface area contributed by atoms with Crippen LogP contribution >= 0.6 is 0 Å². The molecule has 316 valence electrons. The Morgan fingerprint density at radius 1 is 0.444 bits per heavy atom. The number of unbranched alkanes of at least 4 members (excludes halogenated alkanes) is 24. The van der Waals surface area contributed by atoms with Gasteiger partial charge >= 0.3 is 0 Å². The molecule has 4 atom stereocenters. The molecule has 0 rings (SSSR count). The van der Waals surface area contributed by atoms with E-state index in [-0.39, 0.29) is 0 Å². The monoisotopic (exact) mass is 760 g/mol. The third-order valence-corrected chi connectivity index (χ3v) is 10.5. The van der Waals surface area contributed by atoms with Gasteiger partial charge in [-0.25, -0.2) is 0 Å². The molecule has 0 bridgehead atoms. The summed E-state index contributed by atoms with van der Waals surface area (Å²) in [6, 6.07) is -1.01. The van der Waals surface area contributed by atoms with Crippen molar-refractivity contribution in [3.63, 3.8) is 0 Å². The molecular weight excluding hydrogens is 671 g/mol. The first kappa shape index (κ1) is 52.3. The minimum Gasteiger partial charge on any atom is -0.394 e. The average Bonchev–Trinajstić information content (AvgIpc) is 3.18. The van der Waals surface area contributed by atoms with Crippen molar-refractivity contribution < 1.29 is 25.2 Å². The van der Waals surface area contributed by atoms with Gasteiger partial charge in [-0.2, -0.15) is 0 Å². The molecule has 0 radical (unpaired) electrons. The van der Waals surface area contributed by atoms with E-state index in [1.165, 1.54) is 122 Å². The maximum absolute atomic E-state index is 12.5. The summed E-state index contributed by atoms with van der Waals surface area (Å²) in [5.74, 6) is -0.605. The fourth-order valence-electron chi connectivity index (χ4n) is 6.78. The van der Waals surface area contributed by atoms with Crippen LogP contribution in [-0.2, 0) is 4.79 Å². The van der Waals surface area contributed by atoms with Gasteiger partial charge in [0.15, 0.2) is 0 Å². The SMILES string of the molecule is CCCCCCCCC/C=C/CC/C=C/CC/C=C/CCCC(O)C(O)C(CO)NC(=O)C(O)CCCCCCCC/C=C\CCCCCCCCCC. The number of nitrogens with one attached hydrogen (secondary N) is 1. The predicted molar refractivity (Wildman–Crippen MR) is 233 cm³/mol. The number of hydrogen-bond donors (Lipinski definition) is 5. The summed E-state index contributed by atoms with van der Waals surface area (Å²) < 4.78 is 0. The number of hydrogen-bond acceptors (Lipinski definition) is 5. The summed E-state index contributed by atoms with van der Waals surface area (Å²) in [7, 11) is 0. The molecule has 5 N–H and O–H groups in total. The minimum absolute atomic E-state index is 0.350. The second-order valence-electron chi connectivity index (χ2n) is 15.7. The first-order chi connectivity index (χ1) is 26.5. The first-order valence-electron chi connectivity index (χ1n) is 23.0. The number of carbonyl (C=O) groups excluding carboxylic acids is 1. The molecule has 0 aromatic heterocycles. The van der Waals surface area contributed by atoms with E-state index in [0.717, 1.165) is 64.2 Å². The molecule has 0 heterocycles. The first-order valence-corrected chi connectivity index (χ1v) is 23.0. The van der Waals surface area contributed by atoms with Crippen LogP contribution in [0.2, 0.25) is 0 Å². The Morgan fingerprint density at radius 2 is 0.778 bits per heavy atom. The second-order valence-corrected chi connectivity index (χ2v) is 15.7. The van der Waals surface area contributed by atoms with Gasteiger partial charge in [-0.05, 0) is 89.9 Å². The van der Waals surface area contributed by atoms with Crippen molar-refractivity contribution >= 4 is 5.91 Å². The summed E-state index contributed by atoms with van der Waals surface area (Å²) in [5.41, 5.74) is 0. The van der Waals surface area contributed by atoms with Gasteiger partial charge in [0.2, 0.25) is 5.91 Å². The van der Waals surface area contributed by atoms with Gasteiger partial charge in [-0.3, -0.25) is 4.79 Å². The van der Waals surface area contributed by atoms with Gasteiger partial charge in [0.05, 0.1) is 18.8 Å². The summed E-state index contributed by atoms with van der Waals surface area (Å²) in [5, 5.41) is 43.7. The van der Waals surface area contributed by atoms with Crippen molar-refractivity contribution in [1.29, 1.82) is 0 Å². The number of aliphatic hydroxyl groups excluding tert-OH is 4. The van der Waals surface area contributed by atoms with E-state index in [9.17, 15) is 25.2 Å². The quantitative estimate of drug-likeness (QED) is 0.0315. The van der Waals surface area contributed by atoms with E-state index >= 15 is 0 Å². The normalized spacial score (nSPS) is 14.6. The summed E-state index contributed by atoms with van der Waals surface area (Å²) in [6.45, 7) is 4.03. The number of carbonyl (C=O) groups is 1. The lowest BCUT2D eigenvalue weighted by Crippen LogP contribution is -2.53. The Hall–Kier alpha value is -1.73. The lowest BCUT2D eigenvalue weighted by Gasteiger charge is -2.27. The molecule has 0 saturated heterocycles. The molecule has 0 aliphatic rings. The molecule has 0 aromatic carbocycles. The second kappa shape index (κ2) is 42.4. The molecular formula is C48H89NO5. The van der Waals surface area contributed by atoms with Crippen LogP contribution in [0.25, 0.3) is 0 Å². The molecule has 0 aliphatic heterocycles. The molecule has 6 heteroatoms. The average molecular weight is 760 g/mol. The van der Waals surface area contributed by atoms with Crippen LogP contribution in [0.4, 0.5) is 0 Å². The van der Waals surface area contributed by atoms with E-state index in [0.29, 0.717) is 19.3 Å². The van der Waals surface area contributed by atoms with Crippen LogP contribution in [-0.4, -0.2) is 57.3 Å². The van der Waals surface area contributed by atoms with Crippen LogP contribution in [0.3, 0.4) is 0 Å². The summed E-state index contributed by atoms with van der Waals surface area (Å²) in [6.07, 6.45) is 51.4. The Bertz CT molecular complexity index is 900. The molecule has 0 saturated carbocycles. The van der Waals surface area contributed by atoms with Crippen LogP contribution in [0.15, 0.2) is 48.6 Å². The third kappa shape index (κ3) is 35.9. The van der Waals surface area contributed by atoms with Crippen molar-refractivity contribution in [2.75, 3.05) is 6.61 Å². The lowest BCUT2D eigenvalue weighted by atomic mass is 10.00. The van der Waals surface area contributed by atoms with Crippen LogP contribution in [0, 0.1) is 0 Å². The fourth-order valence-corrected chi connectivity index (χ4v) is 6.78. The zero-order valence-electron chi connectivity index (χ0n) is 35.5. The maximum atomic E-state index is 12.5. The van der Waals surface area contributed by atoms with Crippen molar-refractivity contribution in [1.82, 2.24) is 5.32 Å². The highest BCUT2D eigenvalue weighted by atomic mass is 16.3. The number of allylic oxidation sites excluding steroid dienone is 8. The zero-order chi connectivity index (χ0) is 39.6. The topological polar surface area (TPSA) is 110 Å². The van der Waals surface area contributed by atoms with Gasteiger partial charge in [0, 0.05) is 0 Å². The number of aliphatic hydroxyl groups is 4. The van der Waals surface area contributed by atoms with Gasteiger partial charge in [-0.1, -0.05) is 178 Å². The number of rotatable bonds is 41. The van der Waals surface area contributed by atoms with E-state index in [4.69, 9.17) is 0 Å². The largest absolute Gasteiger partial charge is 0.394 e. The van der Waals surface area contributed by atoms with Gasteiger partial charge in [0.25, 0.3) is 0 Å². The Labute approximate surface area is 334 Å². The summed E-state index contributed by atoms with van der Waals surface area (Å²) in [4.78, 5) is 12.5. The van der Waals surface area contributed by atoms with E-state index < -0.39 is 36.9 Å². The van der Waals surface area contributed by atoms with Crippen LogP contribution in [0.1, 0.15) is 219 Å². The van der Waals surface area contributed by atoms with E-state index in [1.807, 2.05) is 0 Å². The van der Waals surface area contributed by atoms with Crippen LogP contribution < -0.4 is 5.32 Å². The fraction of sp³-hybridized carbons (Fsp3) is 0.812. The smallest absolute Gasteiger partial charge is 0.249 e. The highest BCUT2D eigenvalue weighted by Crippen LogP contribution is 2.14. The van der Waals surface area contributed by atoms with Crippen molar-refractivity contribution in [2.24, 2.45) is 0 Å². The van der Waals surface area contributed by atoms with Crippen molar-refractivity contribution in [2.45, 2.75) is 244 Å². The standard InChI is InChI=1S/C48H89NO5/c1-3-5-7-9-11-13-15-17-19-21-23-24-26-27-29-31-33-35-37-39-41-45(51)47(53)44(43-50)49-48(54)46(52)42-40-38-36-34-32-30-28-25-22-20-18-16-14-12-10-8-6-4-2/h19,21-22,25-27,33,35,44-47,50-53H,3-18,20,23-24,28-32,34,36-43H2,1-2H3,(H,49,54)/b21-19+,25-22-,27-26+,35-33+. The van der Waals surface area contributed by atoms with E-state index in [2.05, 4.69) is 67.8 Å². The lowest BCUT2D eigenvalue weighted by molar-refractivity contribution is -0.132. The van der Waals surface area contributed by atoms with Crippen molar-refractivity contribution in [3.05, 3.63) is 48.6 Å². The Morgan fingerprint density at radius 3 is 1.17 bits per heavy atom. The highest BCUT2D eigenvalue weighted by Gasteiger charge is 2.28. The molecule has 0 spiro atoms. The van der Waals surface area contributed by atoms with Gasteiger partial charge in [-0.15, -0.1) is 0 Å². The van der Waals surface area contributed by atoms with E-state index in [1.54, 1.807) is 0 Å². The summed E-state index contributed by atoms with van der Waals surface area (Å²) >= 11 is 0. The molecule has 54 heavy (non-hydrogen) atoms. The Kier molecular flexibility index (Phi) is 41.1. The Balaban J connectivity index is 3.83. The molecule has 0 aromatic rings. The number of amides is 1. The highest BCUT2D eigenvalue weighted by molar-refractivity contribution is 5.80. The van der Waals surface area contributed by atoms with Gasteiger partial charge < -0.3 is 25.7 Å². The molecule has 6 nitrogen and oxygen atoms in total. The van der Waals surface area contributed by atoms with Crippen molar-refractivity contribution in [3.8, 4) is 0 Å². The molecule has 0 aliphatic carbocycles. The van der Waals surface area contributed by atoms with Gasteiger partial charge in [0.1, 0.15) is 12.2 Å². The molecule has 0 fully saturated rings. The van der Waals surface area contributed by atoms with Crippen LogP contribution in [0.5, 0.6) is 0 Å². The zero-order valence-corrected chi connectivity index (χ0v) is 35.5.